The van der Waals surface area contributed by atoms with Gasteiger partial charge in [-0.1, -0.05) is 82.5 Å². The Morgan fingerprint density at radius 2 is 1.41 bits per heavy atom. The molecule has 1 heterocycles. The lowest BCUT2D eigenvalue weighted by atomic mass is 9.86. The molecule has 240 valence electrons. The molecule has 0 bridgehead atoms. The highest BCUT2D eigenvalue weighted by molar-refractivity contribution is 5.94. The molecule has 0 fully saturated rings. The van der Waals surface area contributed by atoms with Crippen molar-refractivity contribution in [2.24, 2.45) is 0 Å². The van der Waals surface area contributed by atoms with Crippen LogP contribution < -0.4 is 10.6 Å². The van der Waals surface area contributed by atoms with Gasteiger partial charge in [0.05, 0.1) is 11.8 Å². The van der Waals surface area contributed by atoms with E-state index < -0.39 is 0 Å². The number of hydrogen-bond donors (Lipinski definition) is 3. The monoisotopic (exact) mass is 618 g/mol. The first-order valence-electron chi connectivity index (χ1n) is 15.6. The third-order valence-electron chi connectivity index (χ3n) is 7.45. The van der Waals surface area contributed by atoms with Gasteiger partial charge < -0.3 is 20.5 Å². The zero-order valence-corrected chi connectivity index (χ0v) is 27.9. The zero-order chi connectivity index (χ0) is 33.5. The molecule has 1 aromatic heterocycles. The quantitative estimate of drug-likeness (QED) is 0.139. The normalized spacial score (nSPS) is 12.2. The van der Waals surface area contributed by atoms with E-state index in [1.165, 1.54) is 5.56 Å². The van der Waals surface area contributed by atoms with Crippen LogP contribution in [0.2, 0.25) is 0 Å². The number of nitrogens with one attached hydrogen (secondary N) is 2. The zero-order valence-electron chi connectivity index (χ0n) is 27.9. The van der Waals surface area contributed by atoms with E-state index in [2.05, 4.69) is 54.5 Å². The van der Waals surface area contributed by atoms with Gasteiger partial charge in [-0.15, -0.1) is 0 Å². The summed E-state index contributed by atoms with van der Waals surface area (Å²) >= 11 is 0. The molecule has 7 heteroatoms. The fourth-order valence-electron chi connectivity index (χ4n) is 4.90. The van der Waals surface area contributed by atoms with E-state index >= 15 is 0 Å². The van der Waals surface area contributed by atoms with Crippen LogP contribution in [-0.4, -0.2) is 39.2 Å². The Bertz CT molecular complexity index is 1630. The van der Waals surface area contributed by atoms with Crippen LogP contribution in [0, 0.1) is 0 Å². The molecule has 1 atom stereocenters. The van der Waals surface area contributed by atoms with Crippen LogP contribution >= 0.6 is 0 Å². The maximum absolute atomic E-state index is 13.4. The summed E-state index contributed by atoms with van der Waals surface area (Å²) in [6.45, 7) is 21.3. The molecule has 3 N–H and O–H groups in total. The molecular formula is C39H46N4O3. The minimum Gasteiger partial charge on any atom is -0.508 e. The molecule has 3 aromatic carbocycles. The number of phenolic OH excluding ortho intramolecular Hbond substituents is 1. The largest absolute Gasteiger partial charge is 0.508 e. The third-order valence-corrected chi connectivity index (χ3v) is 7.45. The Kier molecular flexibility index (Phi) is 10.7. The highest BCUT2D eigenvalue weighted by Crippen LogP contribution is 2.24. The summed E-state index contributed by atoms with van der Waals surface area (Å²) in [5.41, 5.74) is 5.88. The minimum absolute atomic E-state index is 0.00244. The maximum atomic E-state index is 13.4. The topological polar surface area (TPSA) is 96.4 Å². The van der Waals surface area contributed by atoms with E-state index in [1.807, 2.05) is 81.4 Å². The molecule has 0 aliphatic carbocycles. The minimum atomic E-state index is -0.363. The third kappa shape index (κ3) is 9.80. The first kappa shape index (κ1) is 34.0. The summed E-state index contributed by atoms with van der Waals surface area (Å²) < 4.78 is 5.86. The van der Waals surface area contributed by atoms with Crippen molar-refractivity contribution < 1.29 is 14.6 Å². The summed E-state index contributed by atoms with van der Waals surface area (Å²) in [6.07, 6.45) is 4.71. The number of aromatic nitrogens is 2. The Balaban J connectivity index is 1.46. The van der Waals surface area contributed by atoms with Gasteiger partial charge in [0.25, 0.3) is 5.91 Å². The molecule has 0 spiro atoms. The SMILES string of the molecule is C=C(CCNC(=C)[C@H](Cc1ccc(-c2ncc(-c3ccc(O)cc3)cn2)cc1)NC(=O)c1ccc(C(C)(C)C)cc1)OC(C)(C)C. The van der Waals surface area contributed by atoms with Crippen molar-refractivity contribution in [1.29, 1.82) is 0 Å². The van der Waals surface area contributed by atoms with Crippen LogP contribution in [0.25, 0.3) is 22.5 Å². The Hall–Kier alpha value is -4.91. The number of aromatic hydroxyl groups is 1. The van der Waals surface area contributed by atoms with Crippen LogP contribution in [0.1, 0.15) is 69.4 Å². The van der Waals surface area contributed by atoms with E-state index in [9.17, 15) is 9.90 Å². The lowest BCUT2D eigenvalue weighted by Gasteiger charge is -2.25. The Morgan fingerprint density at radius 1 is 0.826 bits per heavy atom. The molecule has 0 aliphatic rings. The lowest BCUT2D eigenvalue weighted by Crippen LogP contribution is -2.41. The van der Waals surface area contributed by atoms with Gasteiger partial charge in [0.1, 0.15) is 11.4 Å². The van der Waals surface area contributed by atoms with Gasteiger partial charge in [-0.3, -0.25) is 4.79 Å². The van der Waals surface area contributed by atoms with Gasteiger partial charge in [0, 0.05) is 47.7 Å². The molecule has 0 saturated heterocycles. The van der Waals surface area contributed by atoms with Crippen molar-refractivity contribution in [3.63, 3.8) is 0 Å². The van der Waals surface area contributed by atoms with E-state index in [0.717, 1.165) is 22.3 Å². The average molecular weight is 619 g/mol. The summed E-state index contributed by atoms with van der Waals surface area (Å²) in [7, 11) is 0. The van der Waals surface area contributed by atoms with Crippen LogP contribution in [-0.2, 0) is 16.6 Å². The number of amides is 1. The smallest absolute Gasteiger partial charge is 0.251 e. The molecule has 7 nitrogen and oxygen atoms in total. The second kappa shape index (κ2) is 14.5. The average Bonchev–Trinajstić information content (AvgIpc) is 3.00. The van der Waals surface area contributed by atoms with E-state index in [0.29, 0.717) is 42.2 Å². The Morgan fingerprint density at radius 3 is 1.98 bits per heavy atom. The van der Waals surface area contributed by atoms with E-state index in [1.54, 1.807) is 24.5 Å². The molecule has 1 amide bonds. The molecule has 0 radical (unpaired) electrons. The number of phenols is 1. The number of carbonyl (C=O) groups excluding carboxylic acids is 1. The summed E-state index contributed by atoms with van der Waals surface area (Å²) in [6, 6.07) is 22.4. The van der Waals surface area contributed by atoms with E-state index in [-0.39, 0.29) is 28.7 Å². The van der Waals surface area contributed by atoms with Crippen molar-refractivity contribution in [3.8, 4) is 28.3 Å². The fraction of sp³-hybridized carbons (Fsp3) is 0.308. The van der Waals surface area contributed by atoms with Crippen molar-refractivity contribution in [2.45, 2.75) is 71.4 Å². The molecule has 0 saturated carbocycles. The standard InChI is InChI=1S/C39H46N4O3/c1-26(46-39(6,7)8)21-22-40-27(2)35(43-37(45)31-13-17-33(18-14-31)38(3,4)5)23-28-9-11-30(12-10-28)36-41-24-32(25-42-36)29-15-19-34(44)20-16-29/h9-20,24-25,35,40,44H,1-2,21-23H2,3-8H3,(H,43,45)/t35-/m0/s1. The highest BCUT2D eigenvalue weighted by Gasteiger charge is 2.20. The Labute approximate surface area is 273 Å². The van der Waals surface area contributed by atoms with Crippen LogP contribution in [0.3, 0.4) is 0 Å². The van der Waals surface area contributed by atoms with Crippen molar-refractivity contribution in [2.75, 3.05) is 6.54 Å². The number of benzene rings is 3. The number of rotatable bonds is 12. The first-order chi connectivity index (χ1) is 21.7. The number of carbonyl (C=O) groups is 1. The predicted molar refractivity (Wildman–Crippen MR) is 186 cm³/mol. The molecule has 46 heavy (non-hydrogen) atoms. The second-order valence-corrected chi connectivity index (χ2v) is 13.6. The molecule has 0 aliphatic heterocycles. The van der Waals surface area contributed by atoms with Gasteiger partial charge in [0.2, 0.25) is 0 Å². The van der Waals surface area contributed by atoms with Crippen molar-refractivity contribution in [3.05, 3.63) is 126 Å². The predicted octanol–water partition coefficient (Wildman–Crippen LogP) is 7.98. The van der Waals surface area contributed by atoms with Crippen molar-refractivity contribution >= 4 is 5.91 Å². The highest BCUT2D eigenvalue weighted by atomic mass is 16.5. The first-order valence-corrected chi connectivity index (χ1v) is 15.6. The number of nitrogens with zero attached hydrogens (tertiary/aromatic N) is 2. The molecule has 4 rings (SSSR count). The maximum Gasteiger partial charge on any atom is 0.251 e. The summed E-state index contributed by atoms with van der Waals surface area (Å²) in [5.74, 6) is 1.36. The van der Waals surface area contributed by atoms with Crippen LogP contribution in [0.5, 0.6) is 5.75 Å². The second-order valence-electron chi connectivity index (χ2n) is 13.6. The molecule has 0 unspecified atom stereocenters. The number of ether oxygens (including phenoxy) is 1. The van der Waals surface area contributed by atoms with Gasteiger partial charge >= 0.3 is 0 Å². The van der Waals surface area contributed by atoms with Crippen LogP contribution in [0.15, 0.2) is 110 Å². The number of hydrogen-bond acceptors (Lipinski definition) is 6. The van der Waals surface area contributed by atoms with Gasteiger partial charge in [-0.25, -0.2) is 9.97 Å². The molecule has 4 aromatic rings. The van der Waals surface area contributed by atoms with E-state index in [4.69, 9.17) is 4.74 Å². The van der Waals surface area contributed by atoms with Gasteiger partial charge in [-0.2, -0.15) is 0 Å². The molecular weight excluding hydrogens is 572 g/mol. The fourth-order valence-corrected chi connectivity index (χ4v) is 4.90. The summed E-state index contributed by atoms with van der Waals surface area (Å²) in [5, 5.41) is 16.1. The lowest BCUT2D eigenvalue weighted by molar-refractivity contribution is 0.0480. The van der Waals surface area contributed by atoms with Crippen molar-refractivity contribution in [1.82, 2.24) is 20.6 Å². The van der Waals surface area contributed by atoms with Gasteiger partial charge in [0.15, 0.2) is 5.82 Å². The van der Waals surface area contributed by atoms with Crippen LogP contribution in [0.4, 0.5) is 0 Å². The van der Waals surface area contributed by atoms with Gasteiger partial charge in [-0.05, 0) is 73.6 Å². The summed E-state index contributed by atoms with van der Waals surface area (Å²) in [4.78, 5) is 22.5.